The molecule has 0 radical (unpaired) electrons. The Morgan fingerprint density at radius 2 is 1.72 bits per heavy atom. The molecule has 0 fully saturated rings. The molecule has 144 valence electrons. The molecule has 0 spiro atoms. The minimum atomic E-state index is -0.563. The topological polar surface area (TPSA) is 59.8 Å². The fourth-order valence-corrected chi connectivity index (χ4v) is 3.02. The van der Waals surface area contributed by atoms with Crippen LogP contribution in [0.2, 0.25) is 10.0 Å². The molecule has 0 bridgehead atoms. The Hall–Kier alpha value is -3.22. The first kappa shape index (κ1) is 19.1. The Kier molecular flexibility index (Phi) is 5.29. The van der Waals surface area contributed by atoms with Gasteiger partial charge in [0.25, 0.3) is 5.91 Å². The van der Waals surface area contributed by atoms with Crippen LogP contribution in [0.3, 0.4) is 0 Å². The van der Waals surface area contributed by atoms with E-state index in [2.05, 4.69) is 15.4 Å². The van der Waals surface area contributed by atoms with Crippen LogP contribution < -0.4 is 5.32 Å². The molecule has 1 amide bonds. The van der Waals surface area contributed by atoms with Crippen molar-refractivity contribution in [3.05, 3.63) is 94.5 Å². The van der Waals surface area contributed by atoms with Gasteiger partial charge in [0.1, 0.15) is 5.82 Å². The summed E-state index contributed by atoms with van der Waals surface area (Å²) in [6.07, 6.45) is 0. The van der Waals surface area contributed by atoms with Crippen molar-refractivity contribution in [3.63, 3.8) is 0 Å². The van der Waals surface area contributed by atoms with Gasteiger partial charge in [-0.2, -0.15) is 0 Å². The van der Waals surface area contributed by atoms with Gasteiger partial charge in [-0.1, -0.05) is 59.6 Å². The van der Waals surface area contributed by atoms with E-state index in [0.29, 0.717) is 27.2 Å². The Bertz CT molecular complexity index is 1190. The molecule has 3 aromatic carbocycles. The predicted molar refractivity (Wildman–Crippen MR) is 111 cm³/mol. The van der Waals surface area contributed by atoms with E-state index < -0.39 is 11.7 Å². The van der Waals surface area contributed by atoms with Gasteiger partial charge in [-0.15, -0.1) is 5.10 Å². The predicted octanol–water partition coefficient (Wildman–Crippen LogP) is 5.63. The zero-order chi connectivity index (χ0) is 20.4. The van der Waals surface area contributed by atoms with E-state index in [9.17, 15) is 9.18 Å². The van der Waals surface area contributed by atoms with Crippen LogP contribution >= 0.6 is 23.2 Å². The van der Waals surface area contributed by atoms with Crippen LogP contribution in [0, 0.1) is 5.82 Å². The number of carbonyl (C=O) groups excluding carboxylic acids is 1. The summed E-state index contributed by atoms with van der Waals surface area (Å²) < 4.78 is 14.9. The van der Waals surface area contributed by atoms with Crippen LogP contribution in [-0.4, -0.2) is 20.7 Å². The van der Waals surface area contributed by atoms with Crippen LogP contribution in [0.25, 0.3) is 17.1 Å². The minimum absolute atomic E-state index is 0.0702. The number of hydrogen-bond donors (Lipinski definition) is 1. The third kappa shape index (κ3) is 4.13. The molecule has 5 nitrogen and oxygen atoms in total. The zero-order valence-electron chi connectivity index (χ0n) is 14.8. The second-order valence-corrected chi connectivity index (χ2v) is 6.91. The normalized spacial score (nSPS) is 10.7. The second-order valence-electron chi connectivity index (χ2n) is 6.10. The number of halogens is 3. The smallest absolute Gasteiger partial charge is 0.295 e. The second kappa shape index (κ2) is 8.03. The monoisotopic (exact) mass is 426 g/mol. The molecular formula is C21H13Cl2FN4O. The number of amides is 1. The van der Waals surface area contributed by atoms with Gasteiger partial charge in [0, 0.05) is 11.3 Å². The van der Waals surface area contributed by atoms with E-state index >= 15 is 0 Å². The van der Waals surface area contributed by atoms with Crippen molar-refractivity contribution < 1.29 is 9.18 Å². The summed E-state index contributed by atoms with van der Waals surface area (Å²) in [6, 6.07) is 19.9. The number of nitrogens with one attached hydrogen (secondary N) is 1. The van der Waals surface area contributed by atoms with Crippen LogP contribution in [-0.2, 0) is 0 Å². The molecular weight excluding hydrogens is 414 g/mol. The van der Waals surface area contributed by atoms with Crippen molar-refractivity contribution >= 4 is 34.8 Å². The molecule has 4 rings (SSSR count). The standard InChI is InChI=1S/C21H13Cl2FN4O/c22-17-10-9-16(12-18(17)23)28-20(13-5-2-1-3-6-13)26-19(27-28)21(29)25-15-8-4-7-14(24)11-15/h1-12H,(H,25,29). The van der Waals surface area contributed by atoms with E-state index in [1.54, 1.807) is 24.3 Å². The number of carbonyl (C=O) groups is 1. The Morgan fingerprint density at radius 3 is 2.45 bits per heavy atom. The first-order valence-electron chi connectivity index (χ1n) is 8.56. The van der Waals surface area contributed by atoms with Gasteiger partial charge in [-0.25, -0.2) is 14.1 Å². The molecule has 0 saturated heterocycles. The van der Waals surface area contributed by atoms with Crippen LogP contribution in [0.1, 0.15) is 10.6 Å². The minimum Gasteiger partial charge on any atom is -0.319 e. The maximum atomic E-state index is 13.4. The molecule has 0 unspecified atom stereocenters. The van der Waals surface area contributed by atoms with Crippen molar-refractivity contribution in [2.75, 3.05) is 5.32 Å². The number of anilines is 1. The highest BCUT2D eigenvalue weighted by Gasteiger charge is 2.19. The van der Waals surface area contributed by atoms with E-state index in [0.717, 1.165) is 5.56 Å². The maximum absolute atomic E-state index is 13.4. The average Bonchev–Trinajstić information content (AvgIpc) is 3.16. The van der Waals surface area contributed by atoms with Crippen molar-refractivity contribution in [1.82, 2.24) is 14.8 Å². The SMILES string of the molecule is O=C(Nc1cccc(F)c1)c1nc(-c2ccccc2)n(-c2ccc(Cl)c(Cl)c2)n1. The first-order valence-corrected chi connectivity index (χ1v) is 9.32. The molecule has 8 heteroatoms. The fraction of sp³-hybridized carbons (Fsp3) is 0. The third-order valence-electron chi connectivity index (χ3n) is 4.07. The quantitative estimate of drug-likeness (QED) is 0.459. The van der Waals surface area contributed by atoms with Crippen molar-refractivity contribution in [2.45, 2.75) is 0 Å². The molecule has 0 atom stereocenters. The maximum Gasteiger partial charge on any atom is 0.295 e. The van der Waals surface area contributed by atoms with E-state index in [1.165, 1.54) is 22.9 Å². The Balaban J connectivity index is 1.77. The highest BCUT2D eigenvalue weighted by atomic mass is 35.5. The molecule has 1 aromatic heterocycles. The summed E-state index contributed by atoms with van der Waals surface area (Å²) in [6.45, 7) is 0. The average molecular weight is 427 g/mol. The van der Waals surface area contributed by atoms with Crippen LogP contribution in [0.15, 0.2) is 72.8 Å². The summed E-state index contributed by atoms with van der Waals surface area (Å²) in [5, 5.41) is 7.70. The van der Waals surface area contributed by atoms with Gasteiger partial charge in [0.2, 0.25) is 5.82 Å². The van der Waals surface area contributed by atoms with Crippen molar-refractivity contribution in [1.29, 1.82) is 0 Å². The number of nitrogens with zero attached hydrogens (tertiary/aromatic N) is 3. The number of benzene rings is 3. The van der Waals surface area contributed by atoms with Gasteiger partial charge in [-0.3, -0.25) is 4.79 Å². The molecule has 0 aliphatic heterocycles. The molecule has 4 aromatic rings. The lowest BCUT2D eigenvalue weighted by molar-refractivity contribution is 0.101. The highest BCUT2D eigenvalue weighted by Crippen LogP contribution is 2.27. The molecule has 0 aliphatic rings. The Labute approximate surface area is 175 Å². The Morgan fingerprint density at radius 1 is 0.931 bits per heavy atom. The van der Waals surface area contributed by atoms with Crippen LogP contribution in [0.4, 0.5) is 10.1 Å². The van der Waals surface area contributed by atoms with Gasteiger partial charge >= 0.3 is 0 Å². The van der Waals surface area contributed by atoms with Gasteiger partial charge in [0.05, 0.1) is 15.7 Å². The lowest BCUT2D eigenvalue weighted by Crippen LogP contribution is -2.14. The zero-order valence-corrected chi connectivity index (χ0v) is 16.3. The van der Waals surface area contributed by atoms with E-state index in [4.69, 9.17) is 23.2 Å². The van der Waals surface area contributed by atoms with E-state index in [-0.39, 0.29) is 5.82 Å². The van der Waals surface area contributed by atoms with Crippen LogP contribution in [0.5, 0.6) is 0 Å². The summed E-state index contributed by atoms with van der Waals surface area (Å²) in [7, 11) is 0. The van der Waals surface area contributed by atoms with Gasteiger partial charge < -0.3 is 5.32 Å². The van der Waals surface area contributed by atoms with Gasteiger partial charge in [0.15, 0.2) is 5.82 Å². The lowest BCUT2D eigenvalue weighted by atomic mass is 10.2. The number of aromatic nitrogens is 3. The molecule has 29 heavy (non-hydrogen) atoms. The molecule has 0 aliphatic carbocycles. The largest absolute Gasteiger partial charge is 0.319 e. The molecule has 1 heterocycles. The summed E-state index contributed by atoms with van der Waals surface area (Å²) in [5.41, 5.74) is 1.66. The van der Waals surface area contributed by atoms with E-state index in [1.807, 2.05) is 30.3 Å². The van der Waals surface area contributed by atoms with Crippen molar-refractivity contribution in [3.8, 4) is 17.1 Å². The summed E-state index contributed by atoms with van der Waals surface area (Å²) >= 11 is 12.2. The molecule has 1 N–H and O–H groups in total. The number of hydrogen-bond acceptors (Lipinski definition) is 3. The first-order chi connectivity index (χ1) is 14.0. The lowest BCUT2D eigenvalue weighted by Gasteiger charge is -2.07. The fourth-order valence-electron chi connectivity index (χ4n) is 2.73. The van der Waals surface area contributed by atoms with Crippen molar-refractivity contribution in [2.24, 2.45) is 0 Å². The third-order valence-corrected chi connectivity index (χ3v) is 4.81. The highest BCUT2D eigenvalue weighted by molar-refractivity contribution is 6.42. The van der Waals surface area contributed by atoms with Gasteiger partial charge in [-0.05, 0) is 36.4 Å². The summed E-state index contributed by atoms with van der Waals surface area (Å²) in [4.78, 5) is 17.1. The summed E-state index contributed by atoms with van der Waals surface area (Å²) in [5.74, 6) is -0.638. The number of rotatable bonds is 4. The molecule has 0 saturated carbocycles.